The molecule has 0 bridgehead atoms. The van der Waals surface area contributed by atoms with Crippen molar-refractivity contribution in [3.8, 4) is 0 Å². The summed E-state index contributed by atoms with van der Waals surface area (Å²) in [5, 5.41) is 14.3. The summed E-state index contributed by atoms with van der Waals surface area (Å²) in [4.78, 5) is 21.6. The average Bonchev–Trinajstić information content (AvgIpc) is 2.43. The first kappa shape index (κ1) is 15.8. The molecule has 6 heteroatoms. The van der Waals surface area contributed by atoms with Gasteiger partial charge in [0.15, 0.2) is 0 Å². The Hall–Kier alpha value is -2.24. The summed E-state index contributed by atoms with van der Waals surface area (Å²) >= 11 is 0. The van der Waals surface area contributed by atoms with Gasteiger partial charge in [0, 0.05) is 18.3 Å². The van der Waals surface area contributed by atoms with Crippen molar-refractivity contribution in [2.45, 2.75) is 39.0 Å². The Bertz CT molecular complexity index is 469. The molecule has 0 heterocycles. The smallest absolute Gasteiger partial charge is 0.269 e. The van der Waals surface area contributed by atoms with E-state index >= 15 is 0 Å². The van der Waals surface area contributed by atoms with E-state index in [1.807, 2.05) is 0 Å². The standard InChI is InChI=1S/C14H19N3O3/c1-2-3-4-5-10-15-16-14(18)11-12-6-8-13(9-7-12)17(19)20/h6-10H,2-5,11H2,1H3,(H,16,18)/b15-10+. The zero-order valence-electron chi connectivity index (χ0n) is 11.5. The van der Waals surface area contributed by atoms with Gasteiger partial charge in [-0.15, -0.1) is 0 Å². The molecule has 0 aliphatic carbocycles. The molecule has 6 nitrogen and oxygen atoms in total. The molecule has 0 spiro atoms. The van der Waals surface area contributed by atoms with Crippen molar-refractivity contribution in [2.75, 3.05) is 0 Å². The lowest BCUT2D eigenvalue weighted by Crippen LogP contribution is -2.19. The van der Waals surface area contributed by atoms with Gasteiger partial charge in [-0.2, -0.15) is 5.10 Å². The van der Waals surface area contributed by atoms with Gasteiger partial charge in [0.05, 0.1) is 11.3 Å². The van der Waals surface area contributed by atoms with E-state index in [2.05, 4.69) is 17.5 Å². The Morgan fingerprint density at radius 2 is 2.05 bits per heavy atom. The minimum Gasteiger partial charge on any atom is -0.273 e. The van der Waals surface area contributed by atoms with Crippen LogP contribution in [-0.2, 0) is 11.2 Å². The Morgan fingerprint density at radius 1 is 1.35 bits per heavy atom. The van der Waals surface area contributed by atoms with Crippen molar-refractivity contribution in [3.63, 3.8) is 0 Å². The summed E-state index contributed by atoms with van der Waals surface area (Å²) in [6, 6.07) is 5.92. The highest BCUT2D eigenvalue weighted by atomic mass is 16.6. The van der Waals surface area contributed by atoms with Crippen LogP contribution in [0.5, 0.6) is 0 Å². The highest BCUT2D eigenvalue weighted by Crippen LogP contribution is 2.12. The Labute approximate surface area is 118 Å². The van der Waals surface area contributed by atoms with Crippen LogP contribution in [0.15, 0.2) is 29.4 Å². The van der Waals surface area contributed by atoms with E-state index in [1.165, 1.54) is 12.1 Å². The first-order chi connectivity index (χ1) is 9.63. The van der Waals surface area contributed by atoms with Gasteiger partial charge < -0.3 is 0 Å². The van der Waals surface area contributed by atoms with Crippen LogP contribution in [0.3, 0.4) is 0 Å². The lowest BCUT2D eigenvalue weighted by molar-refractivity contribution is -0.384. The number of nitrogens with one attached hydrogen (secondary N) is 1. The largest absolute Gasteiger partial charge is 0.273 e. The van der Waals surface area contributed by atoms with Gasteiger partial charge in [-0.05, 0) is 18.4 Å². The number of nitrogens with zero attached hydrogens (tertiary/aromatic N) is 2. The number of carbonyl (C=O) groups excluding carboxylic acids is 1. The van der Waals surface area contributed by atoms with Gasteiger partial charge in [-0.1, -0.05) is 31.9 Å². The van der Waals surface area contributed by atoms with E-state index in [-0.39, 0.29) is 18.0 Å². The third-order valence-corrected chi connectivity index (χ3v) is 2.73. The van der Waals surface area contributed by atoms with Crippen LogP contribution < -0.4 is 5.43 Å². The molecule has 0 saturated carbocycles. The van der Waals surface area contributed by atoms with Gasteiger partial charge >= 0.3 is 0 Å². The number of hydrogen-bond acceptors (Lipinski definition) is 4. The van der Waals surface area contributed by atoms with Crippen molar-refractivity contribution in [1.29, 1.82) is 0 Å². The number of nitro benzene ring substituents is 1. The molecule has 0 unspecified atom stereocenters. The molecule has 0 fully saturated rings. The molecule has 0 atom stereocenters. The second-order valence-corrected chi connectivity index (χ2v) is 4.44. The number of unbranched alkanes of at least 4 members (excludes halogenated alkanes) is 3. The van der Waals surface area contributed by atoms with Crippen LogP contribution in [-0.4, -0.2) is 17.0 Å². The maximum Gasteiger partial charge on any atom is 0.269 e. The van der Waals surface area contributed by atoms with Crippen LogP contribution in [0.4, 0.5) is 5.69 Å². The molecule has 108 valence electrons. The summed E-state index contributed by atoms with van der Waals surface area (Å²) in [6.07, 6.45) is 6.08. The average molecular weight is 277 g/mol. The minimum atomic E-state index is -0.468. The van der Waals surface area contributed by atoms with Gasteiger partial charge in [-0.25, -0.2) is 5.43 Å². The third kappa shape index (κ3) is 6.08. The topological polar surface area (TPSA) is 84.6 Å². The van der Waals surface area contributed by atoms with Crippen molar-refractivity contribution in [2.24, 2.45) is 5.10 Å². The summed E-state index contributed by atoms with van der Waals surface area (Å²) in [5.74, 6) is -0.231. The number of nitro groups is 1. The van der Waals surface area contributed by atoms with E-state index in [0.29, 0.717) is 5.56 Å². The maximum absolute atomic E-state index is 11.6. The summed E-state index contributed by atoms with van der Waals surface area (Å²) in [5.41, 5.74) is 3.18. The SMILES string of the molecule is CCCCC/C=N/NC(=O)Cc1ccc([N+](=O)[O-])cc1. The predicted octanol–water partition coefficient (Wildman–Crippen LogP) is 2.82. The number of hydrazone groups is 1. The highest BCUT2D eigenvalue weighted by Gasteiger charge is 2.06. The van der Waals surface area contributed by atoms with E-state index in [4.69, 9.17) is 0 Å². The summed E-state index contributed by atoms with van der Waals surface area (Å²) in [6.45, 7) is 2.13. The van der Waals surface area contributed by atoms with Gasteiger partial charge in [0.1, 0.15) is 0 Å². The van der Waals surface area contributed by atoms with Crippen LogP contribution in [0.2, 0.25) is 0 Å². The van der Waals surface area contributed by atoms with Crippen molar-refractivity contribution >= 4 is 17.8 Å². The molecular weight excluding hydrogens is 258 g/mol. The summed E-state index contributed by atoms with van der Waals surface area (Å²) < 4.78 is 0. The fourth-order valence-electron chi connectivity index (χ4n) is 1.63. The summed E-state index contributed by atoms with van der Waals surface area (Å²) in [7, 11) is 0. The van der Waals surface area contributed by atoms with Crippen molar-refractivity contribution < 1.29 is 9.72 Å². The normalized spacial score (nSPS) is 10.7. The van der Waals surface area contributed by atoms with Crippen LogP contribution in [0.25, 0.3) is 0 Å². The maximum atomic E-state index is 11.6. The number of carbonyl (C=O) groups is 1. The van der Waals surface area contributed by atoms with Crippen LogP contribution in [0.1, 0.15) is 38.2 Å². The molecule has 0 aliphatic heterocycles. The Morgan fingerprint density at radius 3 is 2.65 bits per heavy atom. The second-order valence-electron chi connectivity index (χ2n) is 4.44. The molecule has 1 amide bonds. The fraction of sp³-hybridized carbons (Fsp3) is 0.429. The van der Waals surface area contributed by atoms with E-state index in [1.54, 1.807) is 18.3 Å². The fourth-order valence-corrected chi connectivity index (χ4v) is 1.63. The lowest BCUT2D eigenvalue weighted by Gasteiger charge is -2.00. The Kier molecular flexibility index (Phi) is 6.95. The van der Waals surface area contributed by atoms with Crippen LogP contribution in [0, 0.1) is 10.1 Å². The molecule has 1 aromatic rings. The molecule has 1 N–H and O–H groups in total. The van der Waals surface area contributed by atoms with E-state index < -0.39 is 4.92 Å². The van der Waals surface area contributed by atoms with E-state index in [0.717, 1.165) is 25.7 Å². The van der Waals surface area contributed by atoms with Gasteiger partial charge in [-0.3, -0.25) is 14.9 Å². The number of benzene rings is 1. The Balaban J connectivity index is 2.33. The molecular formula is C14H19N3O3. The lowest BCUT2D eigenvalue weighted by atomic mass is 10.1. The molecule has 0 radical (unpaired) electrons. The molecule has 1 rings (SSSR count). The zero-order valence-corrected chi connectivity index (χ0v) is 11.5. The third-order valence-electron chi connectivity index (χ3n) is 2.73. The number of rotatable bonds is 8. The second kappa shape index (κ2) is 8.79. The van der Waals surface area contributed by atoms with Gasteiger partial charge in [0.25, 0.3) is 5.69 Å². The minimum absolute atomic E-state index is 0.0168. The number of hydrogen-bond donors (Lipinski definition) is 1. The molecule has 1 aromatic carbocycles. The molecule has 0 aromatic heterocycles. The van der Waals surface area contributed by atoms with Crippen molar-refractivity contribution in [1.82, 2.24) is 5.43 Å². The molecule has 0 aliphatic rings. The molecule has 0 saturated heterocycles. The number of non-ortho nitro benzene ring substituents is 1. The first-order valence-corrected chi connectivity index (χ1v) is 6.67. The van der Waals surface area contributed by atoms with Crippen molar-refractivity contribution in [3.05, 3.63) is 39.9 Å². The quantitative estimate of drug-likeness (QED) is 0.343. The zero-order chi connectivity index (χ0) is 14.8. The predicted molar refractivity (Wildman–Crippen MR) is 77.6 cm³/mol. The molecule has 20 heavy (non-hydrogen) atoms. The van der Waals surface area contributed by atoms with E-state index in [9.17, 15) is 14.9 Å². The van der Waals surface area contributed by atoms with Gasteiger partial charge in [0.2, 0.25) is 5.91 Å². The van der Waals surface area contributed by atoms with Crippen LogP contribution >= 0.6 is 0 Å². The highest BCUT2D eigenvalue weighted by molar-refractivity contribution is 5.79. The monoisotopic (exact) mass is 277 g/mol. The number of amides is 1. The first-order valence-electron chi connectivity index (χ1n) is 6.67.